The number of likely N-dealkylation sites (tertiary alicyclic amines) is 1. The molecule has 162 valence electrons. The average molecular weight is 428 g/mol. The first-order chi connectivity index (χ1) is 15.6. The van der Waals surface area contributed by atoms with Gasteiger partial charge in [0.25, 0.3) is 5.91 Å². The Hall–Kier alpha value is -3.74. The zero-order valence-corrected chi connectivity index (χ0v) is 18.0. The van der Waals surface area contributed by atoms with Crippen LogP contribution in [0.4, 0.5) is 0 Å². The minimum Gasteiger partial charge on any atom is -0.337 e. The number of rotatable bonds is 4. The lowest BCUT2D eigenvalue weighted by atomic mass is 10.0. The van der Waals surface area contributed by atoms with Gasteiger partial charge in [0, 0.05) is 31.7 Å². The number of nitrogens with zero attached hydrogens (tertiary/aromatic N) is 5. The second-order valence-electron chi connectivity index (χ2n) is 8.31. The summed E-state index contributed by atoms with van der Waals surface area (Å²) < 4.78 is 3.57. The number of carbonyl (C=O) groups excluding carboxylic acids is 1. The summed E-state index contributed by atoms with van der Waals surface area (Å²) in [4.78, 5) is 37.2. The number of aromatic nitrogens is 4. The SMILES string of the molecule is Cc1ccncc1C(=O)N1CCC[C@H](n2c(=O)n(Cc3ccccc3)c3cccnc32)C1. The summed E-state index contributed by atoms with van der Waals surface area (Å²) in [5, 5.41) is 0. The summed E-state index contributed by atoms with van der Waals surface area (Å²) in [6.07, 6.45) is 6.70. The van der Waals surface area contributed by atoms with Crippen LogP contribution in [-0.4, -0.2) is 43.0 Å². The van der Waals surface area contributed by atoms with Gasteiger partial charge in [-0.25, -0.2) is 9.78 Å². The van der Waals surface area contributed by atoms with Crippen LogP contribution in [0.5, 0.6) is 0 Å². The maximum absolute atomic E-state index is 13.6. The van der Waals surface area contributed by atoms with E-state index in [1.807, 2.05) is 60.4 Å². The summed E-state index contributed by atoms with van der Waals surface area (Å²) in [7, 11) is 0. The molecule has 1 fully saturated rings. The van der Waals surface area contributed by atoms with Gasteiger partial charge in [0.05, 0.1) is 23.7 Å². The smallest absolute Gasteiger partial charge is 0.330 e. The summed E-state index contributed by atoms with van der Waals surface area (Å²) in [5.41, 5.74) is 3.98. The number of carbonyl (C=O) groups is 1. The highest BCUT2D eigenvalue weighted by molar-refractivity contribution is 5.95. The molecule has 1 atom stereocenters. The molecule has 4 aromatic rings. The maximum atomic E-state index is 13.6. The van der Waals surface area contributed by atoms with E-state index in [0.717, 1.165) is 29.5 Å². The minimum atomic E-state index is -0.119. The van der Waals surface area contributed by atoms with E-state index in [0.29, 0.717) is 30.8 Å². The first kappa shape index (κ1) is 20.2. The highest BCUT2D eigenvalue weighted by Crippen LogP contribution is 2.26. The van der Waals surface area contributed by atoms with Crippen LogP contribution >= 0.6 is 0 Å². The molecule has 0 aliphatic carbocycles. The zero-order chi connectivity index (χ0) is 22.1. The van der Waals surface area contributed by atoms with E-state index in [9.17, 15) is 9.59 Å². The van der Waals surface area contributed by atoms with Gasteiger partial charge < -0.3 is 4.90 Å². The fourth-order valence-corrected chi connectivity index (χ4v) is 4.56. The summed E-state index contributed by atoms with van der Waals surface area (Å²) in [6, 6.07) is 15.5. The molecule has 1 aliphatic rings. The quantitative estimate of drug-likeness (QED) is 0.500. The molecule has 0 unspecified atom stereocenters. The van der Waals surface area contributed by atoms with Crippen LogP contribution in [-0.2, 0) is 6.54 Å². The van der Waals surface area contributed by atoms with Crippen molar-refractivity contribution >= 4 is 17.1 Å². The van der Waals surface area contributed by atoms with Crippen molar-refractivity contribution in [2.45, 2.75) is 32.4 Å². The molecule has 0 spiro atoms. The Kier molecular flexibility index (Phi) is 5.31. The molecule has 7 heteroatoms. The lowest BCUT2D eigenvalue weighted by molar-refractivity contribution is 0.0678. The Bertz CT molecular complexity index is 1330. The fraction of sp³-hybridized carbons (Fsp3) is 0.280. The molecule has 1 saturated heterocycles. The molecule has 32 heavy (non-hydrogen) atoms. The Morgan fingerprint density at radius 3 is 2.75 bits per heavy atom. The van der Waals surface area contributed by atoms with Gasteiger partial charge in [-0.05, 0) is 49.1 Å². The second-order valence-corrected chi connectivity index (χ2v) is 8.31. The van der Waals surface area contributed by atoms with Crippen LogP contribution in [0.15, 0.2) is 71.9 Å². The molecule has 0 saturated carbocycles. The van der Waals surface area contributed by atoms with Crippen LogP contribution in [0.2, 0.25) is 0 Å². The third kappa shape index (κ3) is 3.60. The molecule has 0 radical (unpaired) electrons. The monoisotopic (exact) mass is 427 g/mol. The first-order valence-electron chi connectivity index (χ1n) is 10.9. The molecule has 5 rings (SSSR count). The zero-order valence-electron chi connectivity index (χ0n) is 18.0. The number of piperidine rings is 1. The minimum absolute atomic E-state index is 0.0330. The van der Waals surface area contributed by atoms with Gasteiger partial charge in [-0.1, -0.05) is 30.3 Å². The molecule has 4 heterocycles. The Balaban J connectivity index is 1.50. The molecule has 0 N–H and O–H groups in total. The van der Waals surface area contributed by atoms with Gasteiger partial charge in [0.15, 0.2) is 5.65 Å². The second kappa shape index (κ2) is 8.42. The lowest BCUT2D eigenvalue weighted by Crippen LogP contribution is -2.43. The van der Waals surface area contributed by atoms with Crippen molar-refractivity contribution in [1.29, 1.82) is 0 Å². The Morgan fingerprint density at radius 2 is 1.94 bits per heavy atom. The van der Waals surface area contributed by atoms with Gasteiger partial charge in [-0.3, -0.25) is 18.9 Å². The van der Waals surface area contributed by atoms with E-state index >= 15 is 0 Å². The number of benzene rings is 1. The van der Waals surface area contributed by atoms with Gasteiger partial charge in [0.1, 0.15) is 0 Å². The van der Waals surface area contributed by atoms with Gasteiger partial charge in [0.2, 0.25) is 0 Å². The van der Waals surface area contributed by atoms with Gasteiger partial charge in [-0.2, -0.15) is 0 Å². The van der Waals surface area contributed by atoms with E-state index in [1.165, 1.54) is 0 Å². The summed E-state index contributed by atoms with van der Waals surface area (Å²) in [6.45, 7) is 3.56. The summed E-state index contributed by atoms with van der Waals surface area (Å²) >= 11 is 0. The van der Waals surface area contributed by atoms with Crippen molar-refractivity contribution in [3.8, 4) is 0 Å². The molecular weight excluding hydrogens is 402 g/mol. The number of hydrogen-bond donors (Lipinski definition) is 0. The van der Waals surface area contributed by atoms with E-state index in [4.69, 9.17) is 0 Å². The van der Waals surface area contributed by atoms with Crippen molar-refractivity contribution in [3.63, 3.8) is 0 Å². The molecule has 1 aliphatic heterocycles. The number of aryl methyl sites for hydroxylation is 1. The van der Waals surface area contributed by atoms with Crippen LogP contribution in [0.25, 0.3) is 11.2 Å². The topological polar surface area (TPSA) is 73.0 Å². The predicted molar refractivity (Wildman–Crippen MR) is 123 cm³/mol. The van der Waals surface area contributed by atoms with Crippen molar-refractivity contribution < 1.29 is 4.79 Å². The Morgan fingerprint density at radius 1 is 1.09 bits per heavy atom. The van der Waals surface area contributed by atoms with Crippen molar-refractivity contribution in [1.82, 2.24) is 24.0 Å². The molecule has 0 bridgehead atoms. The molecule has 3 aromatic heterocycles. The lowest BCUT2D eigenvalue weighted by Gasteiger charge is -2.33. The van der Waals surface area contributed by atoms with Crippen molar-refractivity contribution in [3.05, 3.63) is 94.3 Å². The summed E-state index contributed by atoms with van der Waals surface area (Å²) in [5.74, 6) is -0.0330. The van der Waals surface area contributed by atoms with Crippen molar-refractivity contribution in [2.24, 2.45) is 0 Å². The highest BCUT2D eigenvalue weighted by Gasteiger charge is 2.29. The average Bonchev–Trinajstić information content (AvgIpc) is 3.11. The normalized spacial score (nSPS) is 16.4. The molecule has 7 nitrogen and oxygen atoms in total. The van der Waals surface area contributed by atoms with Crippen LogP contribution in [0.1, 0.15) is 40.4 Å². The van der Waals surface area contributed by atoms with Gasteiger partial charge in [-0.15, -0.1) is 0 Å². The number of pyridine rings is 2. The maximum Gasteiger partial charge on any atom is 0.330 e. The van der Waals surface area contributed by atoms with Crippen LogP contribution < -0.4 is 5.69 Å². The van der Waals surface area contributed by atoms with Crippen molar-refractivity contribution in [2.75, 3.05) is 13.1 Å². The molecular formula is C25H25N5O2. The van der Waals surface area contributed by atoms with Crippen LogP contribution in [0, 0.1) is 6.92 Å². The van der Waals surface area contributed by atoms with E-state index in [1.54, 1.807) is 27.7 Å². The molecule has 1 amide bonds. The van der Waals surface area contributed by atoms with Gasteiger partial charge >= 0.3 is 5.69 Å². The number of hydrogen-bond acceptors (Lipinski definition) is 4. The Labute approximate surface area is 186 Å². The van der Waals surface area contributed by atoms with E-state index in [2.05, 4.69) is 9.97 Å². The third-order valence-corrected chi connectivity index (χ3v) is 6.22. The first-order valence-corrected chi connectivity index (χ1v) is 10.9. The van der Waals surface area contributed by atoms with Crippen LogP contribution in [0.3, 0.4) is 0 Å². The number of imidazole rings is 1. The molecule has 1 aromatic carbocycles. The number of fused-ring (bicyclic) bond motifs is 1. The third-order valence-electron chi connectivity index (χ3n) is 6.22. The fourth-order valence-electron chi connectivity index (χ4n) is 4.56. The predicted octanol–water partition coefficient (Wildman–Crippen LogP) is 3.43. The highest BCUT2D eigenvalue weighted by atomic mass is 16.2. The van der Waals surface area contributed by atoms with E-state index in [-0.39, 0.29) is 17.6 Å². The largest absolute Gasteiger partial charge is 0.337 e. The number of amides is 1. The van der Waals surface area contributed by atoms with E-state index < -0.39 is 0 Å². The standard InChI is InChI=1S/C25H25N5O2/c1-18-11-13-26-15-21(18)24(31)28-14-6-9-20(17-28)30-23-22(10-5-12-27-23)29(25(30)32)16-19-7-3-2-4-8-19/h2-5,7-8,10-13,15,20H,6,9,14,16-17H2,1H3/t20-/m0/s1.